The molecule has 3 atom stereocenters. The lowest BCUT2D eigenvalue weighted by atomic mass is 9.74. The Bertz CT molecular complexity index is 703. The maximum atomic E-state index is 13.5. The van der Waals surface area contributed by atoms with Crippen LogP contribution < -0.4 is 5.32 Å². The number of amides is 1. The number of nitrogens with one attached hydrogen (secondary N) is 1. The molecule has 1 N–H and O–H groups in total. The second-order valence-electron chi connectivity index (χ2n) is 12.0. The van der Waals surface area contributed by atoms with E-state index in [-0.39, 0.29) is 37.3 Å². The van der Waals surface area contributed by atoms with Gasteiger partial charge in [-0.15, -0.1) is 0 Å². The van der Waals surface area contributed by atoms with Crippen molar-refractivity contribution in [3.05, 3.63) is 0 Å². The highest BCUT2D eigenvalue weighted by Gasteiger charge is 2.52. The summed E-state index contributed by atoms with van der Waals surface area (Å²) in [6.45, 7) is 3.77. The summed E-state index contributed by atoms with van der Waals surface area (Å²) in [7, 11) is 0. The Morgan fingerprint density at radius 1 is 0.730 bits per heavy atom. The van der Waals surface area contributed by atoms with Gasteiger partial charge in [0, 0.05) is 25.7 Å². The van der Waals surface area contributed by atoms with E-state index in [4.69, 9.17) is 0 Å². The average Bonchev–Trinajstić information content (AvgIpc) is 2.88. The zero-order valence-electron chi connectivity index (χ0n) is 21.8. The van der Waals surface area contributed by atoms with Crippen molar-refractivity contribution < 1.29 is 31.1 Å². The molecule has 214 valence electrons. The fraction of sp³-hybridized carbons (Fsp3) is 0.963. The van der Waals surface area contributed by atoms with Crippen LogP contribution in [-0.4, -0.2) is 72.9 Å². The van der Waals surface area contributed by atoms with Crippen LogP contribution in [0.1, 0.15) is 83.5 Å². The van der Waals surface area contributed by atoms with Crippen molar-refractivity contribution in [2.45, 2.75) is 108 Å². The number of nitrogens with zero attached hydrogens (tertiary/aromatic N) is 2. The van der Waals surface area contributed by atoms with Crippen LogP contribution in [0.15, 0.2) is 0 Å². The molecule has 2 aliphatic carbocycles. The first-order valence-corrected chi connectivity index (χ1v) is 14.4. The van der Waals surface area contributed by atoms with Crippen LogP contribution in [0, 0.1) is 23.7 Å². The molecule has 0 aromatic carbocycles. The minimum atomic E-state index is -4.66. The molecule has 37 heavy (non-hydrogen) atoms. The van der Waals surface area contributed by atoms with Crippen LogP contribution in [0.5, 0.6) is 0 Å². The molecule has 0 aromatic rings. The van der Waals surface area contributed by atoms with Crippen LogP contribution in [-0.2, 0) is 4.79 Å². The summed E-state index contributed by atoms with van der Waals surface area (Å²) in [6.07, 6.45) is -0.0354. The lowest BCUT2D eigenvalue weighted by Crippen LogP contribution is -2.56. The molecule has 0 spiro atoms. The van der Waals surface area contributed by atoms with Gasteiger partial charge in [0.1, 0.15) is 0 Å². The lowest BCUT2D eigenvalue weighted by Gasteiger charge is -2.44. The minimum absolute atomic E-state index is 0.120. The Morgan fingerprint density at radius 2 is 1.27 bits per heavy atom. The van der Waals surface area contributed by atoms with E-state index in [1.807, 2.05) is 0 Å². The van der Waals surface area contributed by atoms with Crippen molar-refractivity contribution in [1.82, 2.24) is 15.1 Å². The predicted molar refractivity (Wildman–Crippen MR) is 130 cm³/mol. The molecule has 3 unspecified atom stereocenters. The van der Waals surface area contributed by atoms with Crippen LogP contribution in [0.4, 0.5) is 26.3 Å². The maximum Gasteiger partial charge on any atom is 0.391 e. The Balaban J connectivity index is 1.38. The standard InChI is InChI=1S/C27H43F6N3O/c28-26(29,30)21-15-19(16-22(17-21)27(31,32)33)18-34-25(37)24(20-7-3-1-4-8-20)36-13-9-23(10-14-36)35-11-5-2-6-12-35/h19-24H,1-18H2,(H,34,37). The van der Waals surface area contributed by atoms with Crippen molar-refractivity contribution in [1.29, 1.82) is 0 Å². The molecule has 2 saturated carbocycles. The Labute approximate surface area is 216 Å². The van der Waals surface area contributed by atoms with Crippen LogP contribution in [0.3, 0.4) is 0 Å². The van der Waals surface area contributed by atoms with Gasteiger partial charge in [-0.1, -0.05) is 25.7 Å². The zero-order valence-corrected chi connectivity index (χ0v) is 21.8. The van der Waals surface area contributed by atoms with E-state index in [1.165, 1.54) is 19.3 Å². The summed E-state index contributed by atoms with van der Waals surface area (Å²) in [4.78, 5) is 18.3. The molecule has 2 saturated heterocycles. The summed E-state index contributed by atoms with van der Waals surface area (Å²) in [5.74, 6) is -4.79. The van der Waals surface area contributed by atoms with E-state index in [0.29, 0.717) is 6.04 Å². The van der Waals surface area contributed by atoms with Gasteiger partial charge in [-0.05, 0) is 82.7 Å². The van der Waals surface area contributed by atoms with Crippen LogP contribution in [0.2, 0.25) is 0 Å². The largest absolute Gasteiger partial charge is 0.391 e. The predicted octanol–water partition coefficient (Wildman–Crippen LogP) is 6.16. The van der Waals surface area contributed by atoms with E-state index in [2.05, 4.69) is 15.1 Å². The quantitative estimate of drug-likeness (QED) is 0.411. The highest BCUT2D eigenvalue weighted by molar-refractivity contribution is 5.82. The third-order valence-electron chi connectivity index (χ3n) is 9.46. The number of carbonyl (C=O) groups excluding carboxylic acids is 1. The summed E-state index contributed by atoms with van der Waals surface area (Å²) in [6, 6.07) is 0.190. The van der Waals surface area contributed by atoms with Crippen LogP contribution in [0.25, 0.3) is 0 Å². The number of halogens is 6. The van der Waals surface area contributed by atoms with Gasteiger partial charge < -0.3 is 10.2 Å². The van der Waals surface area contributed by atoms with E-state index in [9.17, 15) is 31.1 Å². The number of likely N-dealkylation sites (tertiary alicyclic amines) is 2. The molecular formula is C27H43F6N3O. The molecule has 4 nitrogen and oxygen atoms in total. The molecular weight excluding hydrogens is 496 g/mol. The van der Waals surface area contributed by atoms with Crippen molar-refractivity contribution in [2.75, 3.05) is 32.7 Å². The third kappa shape index (κ3) is 7.76. The molecule has 0 bridgehead atoms. The summed E-state index contributed by atoms with van der Waals surface area (Å²) >= 11 is 0. The van der Waals surface area contributed by atoms with Gasteiger partial charge in [0.25, 0.3) is 0 Å². The topological polar surface area (TPSA) is 35.6 Å². The molecule has 2 aliphatic heterocycles. The van der Waals surface area contributed by atoms with E-state index < -0.39 is 36.5 Å². The fourth-order valence-corrected chi connectivity index (χ4v) is 7.43. The van der Waals surface area contributed by atoms with Crippen molar-refractivity contribution in [2.24, 2.45) is 23.7 Å². The molecule has 2 heterocycles. The van der Waals surface area contributed by atoms with E-state index in [1.54, 1.807) is 0 Å². The first kappa shape index (κ1) is 29.0. The maximum absolute atomic E-state index is 13.5. The summed E-state index contributed by atoms with van der Waals surface area (Å²) in [5.41, 5.74) is 0. The number of hydrogen-bond acceptors (Lipinski definition) is 3. The molecule has 4 rings (SSSR count). The minimum Gasteiger partial charge on any atom is -0.354 e. The third-order valence-corrected chi connectivity index (χ3v) is 9.46. The normalized spacial score (nSPS) is 31.2. The zero-order chi connectivity index (χ0) is 26.6. The Morgan fingerprint density at radius 3 is 1.81 bits per heavy atom. The highest BCUT2D eigenvalue weighted by Crippen LogP contribution is 2.47. The van der Waals surface area contributed by atoms with Gasteiger partial charge in [-0.25, -0.2) is 0 Å². The van der Waals surface area contributed by atoms with Gasteiger partial charge in [-0.2, -0.15) is 26.3 Å². The molecule has 0 aromatic heterocycles. The second-order valence-corrected chi connectivity index (χ2v) is 12.0. The second kappa shape index (κ2) is 12.4. The van der Waals surface area contributed by atoms with Crippen molar-refractivity contribution in [3.8, 4) is 0 Å². The average molecular weight is 540 g/mol. The SMILES string of the molecule is O=C(NCC1CC(C(F)(F)F)CC(C(F)(F)F)C1)C(C1CCCCC1)N1CCC(N2CCCCC2)CC1. The van der Waals surface area contributed by atoms with Crippen molar-refractivity contribution >= 4 is 5.91 Å². The summed E-state index contributed by atoms with van der Waals surface area (Å²) < 4.78 is 80.3. The Kier molecular flexibility index (Phi) is 9.73. The molecule has 4 fully saturated rings. The molecule has 10 heteroatoms. The molecule has 1 amide bonds. The summed E-state index contributed by atoms with van der Waals surface area (Å²) in [5, 5.41) is 2.84. The molecule has 0 radical (unpaired) electrons. The number of piperidine rings is 2. The lowest BCUT2D eigenvalue weighted by molar-refractivity contribution is -0.228. The first-order valence-electron chi connectivity index (χ1n) is 14.4. The number of hydrogen-bond donors (Lipinski definition) is 1. The van der Waals surface area contributed by atoms with Gasteiger partial charge in [0.2, 0.25) is 5.91 Å². The monoisotopic (exact) mass is 539 g/mol. The highest BCUT2D eigenvalue weighted by atomic mass is 19.4. The number of rotatable bonds is 6. The van der Waals surface area contributed by atoms with E-state index >= 15 is 0 Å². The van der Waals surface area contributed by atoms with Crippen LogP contribution >= 0.6 is 0 Å². The van der Waals surface area contributed by atoms with Crippen molar-refractivity contribution in [3.63, 3.8) is 0 Å². The van der Waals surface area contributed by atoms with E-state index in [0.717, 1.165) is 71.1 Å². The first-order chi connectivity index (χ1) is 17.5. The fourth-order valence-electron chi connectivity index (χ4n) is 7.43. The van der Waals surface area contributed by atoms with Gasteiger partial charge >= 0.3 is 12.4 Å². The smallest absolute Gasteiger partial charge is 0.354 e. The number of carbonyl (C=O) groups is 1. The number of alkyl halides is 6. The van der Waals surface area contributed by atoms with Gasteiger partial charge in [0.15, 0.2) is 0 Å². The Hall–Kier alpha value is -1.03. The van der Waals surface area contributed by atoms with Gasteiger partial charge in [-0.3, -0.25) is 9.69 Å². The molecule has 4 aliphatic rings. The van der Waals surface area contributed by atoms with Gasteiger partial charge in [0.05, 0.1) is 17.9 Å².